The van der Waals surface area contributed by atoms with Crippen molar-refractivity contribution in [1.29, 1.82) is 0 Å². The van der Waals surface area contributed by atoms with Gasteiger partial charge in [-0.2, -0.15) is 0 Å². The van der Waals surface area contributed by atoms with Gasteiger partial charge < -0.3 is 4.74 Å². The third-order valence-corrected chi connectivity index (χ3v) is 4.35. The molecule has 110 valence electrons. The van der Waals surface area contributed by atoms with Gasteiger partial charge in [-0.15, -0.1) is 0 Å². The molecule has 2 bridgehead atoms. The Balaban J connectivity index is 0.00000147. The largest absolute Gasteiger partial charge is 0.443 e. The highest BCUT2D eigenvalue weighted by Gasteiger charge is 2.33. The Labute approximate surface area is 125 Å². The number of carbonyl (C=O) groups is 1. The molecule has 0 aromatic heterocycles. The van der Waals surface area contributed by atoms with E-state index >= 15 is 0 Å². The zero-order valence-corrected chi connectivity index (χ0v) is 11.6. The van der Waals surface area contributed by atoms with Gasteiger partial charge in [0.2, 0.25) is 0 Å². The fourth-order valence-corrected chi connectivity index (χ4v) is 3.19. The molecule has 0 amide bonds. The number of halogens is 1. The number of esters is 1. The van der Waals surface area contributed by atoms with E-state index in [0.717, 1.165) is 25.4 Å². The number of fused-ring (bicyclic) bond motifs is 2. The summed E-state index contributed by atoms with van der Waals surface area (Å²) in [5, 5.41) is 0.632. The molecule has 3 unspecified atom stereocenters. The third kappa shape index (κ3) is 3.33. The lowest BCUT2D eigenvalue weighted by Gasteiger charge is -2.42. The van der Waals surface area contributed by atoms with Crippen LogP contribution in [0.2, 0.25) is 5.02 Å². The fourth-order valence-electron chi connectivity index (χ4n) is 3.07. The summed E-state index contributed by atoms with van der Waals surface area (Å²) in [4.78, 5) is 14.4. The summed E-state index contributed by atoms with van der Waals surface area (Å²) in [5.74, 6) is 0.560. The van der Waals surface area contributed by atoms with E-state index in [1.807, 2.05) is 0 Å². The van der Waals surface area contributed by atoms with E-state index in [1.54, 1.807) is 24.3 Å². The minimum Gasteiger partial charge on any atom is -0.443 e. The van der Waals surface area contributed by atoms with Crippen molar-refractivity contribution in [1.82, 2.24) is 4.90 Å². The third-order valence-electron chi connectivity index (χ3n) is 4.10. The quantitative estimate of drug-likeness (QED) is 0.773. The van der Waals surface area contributed by atoms with E-state index in [4.69, 9.17) is 16.3 Å². The van der Waals surface area contributed by atoms with Crippen LogP contribution in [-0.2, 0) is 4.74 Å². The van der Waals surface area contributed by atoms with Gasteiger partial charge in [-0.1, -0.05) is 19.0 Å². The fraction of sp³-hybridized carbons (Fsp3) is 0.562. The number of hydrogen-bond acceptors (Lipinski definition) is 3. The molecule has 0 spiro atoms. The second-order valence-electron chi connectivity index (χ2n) is 5.45. The first-order valence-electron chi connectivity index (χ1n) is 6.93. The molecular formula is C16H22ClNO2. The molecule has 2 saturated heterocycles. The predicted molar refractivity (Wildman–Crippen MR) is 80.9 cm³/mol. The van der Waals surface area contributed by atoms with Gasteiger partial charge in [0.05, 0.1) is 5.56 Å². The van der Waals surface area contributed by atoms with Gasteiger partial charge in [0.15, 0.2) is 6.23 Å². The standard InChI is InChI=1S/C15H18ClNO2.CH4/c16-13-6-4-12(5-7-13)15(18)19-14-8-3-11-2-1-9-17(14)10-11;/h4-7,11,14H,1-3,8-10H2;1H4. The molecule has 0 radical (unpaired) electrons. The number of piperidine rings is 2. The molecule has 4 heteroatoms. The highest BCUT2D eigenvalue weighted by atomic mass is 35.5. The topological polar surface area (TPSA) is 29.5 Å². The summed E-state index contributed by atoms with van der Waals surface area (Å²) >= 11 is 5.82. The second kappa shape index (κ2) is 6.59. The molecular weight excluding hydrogens is 274 g/mol. The van der Waals surface area contributed by atoms with Crippen LogP contribution in [0.4, 0.5) is 0 Å². The monoisotopic (exact) mass is 295 g/mol. The molecule has 3 rings (SSSR count). The summed E-state index contributed by atoms with van der Waals surface area (Å²) in [6.07, 6.45) is 4.65. The predicted octanol–water partition coefficient (Wildman–Crippen LogP) is 3.96. The number of carbonyl (C=O) groups excluding carboxylic acids is 1. The van der Waals surface area contributed by atoms with E-state index in [9.17, 15) is 4.79 Å². The molecule has 1 aromatic rings. The molecule has 0 N–H and O–H groups in total. The average Bonchev–Trinajstić information content (AvgIpc) is 2.43. The van der Waals surface area contributed by atoms with E-state index < -0.39 is 0 Å². The van der Waals surface area contributed by atoms with Gasteiger partial charge >= 0.3 is 5.97 Å². The van der Waals surface area contributed by atoms with Crippen LogP contribution in [-0.4, -0.2) is 30.2 Å². The van der Waals surface area contributed by atoms with Crippen molar-refractivity contribution in [2.75, 3.05) is 13.1 Å². The van der Waals surface area contributed by atoms with Crippen LogP contribution in [0.15, 0.2) is 24.3 Å². The van der Waals surface area contributed by atoms with Crippen molar-refractivity contribution in [3.05, 3.63) is 34.9 Å². The molecule has 0 saturated carbocycles. The van der Waals surface area contributed by atoms with Crippen molar-refractivity contribution >= 4 is 17.6 Å². The first-order valence-corrected chi connectivity index (χ1v) is 7.31. The van der Waals surface area contributed by atoms with Crippen LogP contribution in [0.1, 0.15) is 43.5 Å². The highest BCUT2D eigenvalue weighted by molar-refractivity contribution is 6.30. The zero-order chi connectivity index (χ0) is 13.2. The molecule has 1 aromatic carbocycles. The number of ether oxygens (including phenoxy) is 1. The van der Waals surface area contributed by atoms with E-state index in [2.05, 4.69) is 4.90 Å². The summed E-state index contributed by atoms with van der Waals surface area (Å²) in [6, 6.07) is 6.87. The highest BCUT2D eigenvalue weighted by Crippen LogP contribution is 2.30. The maximum atomic E-state index is 12.1. The van der Waals surface area contributed by atoms with Crippen LogP contribution in [0, 0.1) is 5.92 Å². The molecule has 3 atom stereocenters. The lowest BCUT2D eigenvalue weighted by Crippen LogP contribution is -2.48. The molecule has 2 fully saturated rings. The summed E-state index contributed by atoms with van der Waals surface area (Å²) < 4.78 is 5.65. The lowest BCUT2D eigenvalue weighted by molar-refractivity contribution is -0.0758. The summed E-state index contributed by atoms with van der Waals surface area (Å²) in [7, 11) is 0. The second-order valence-corrected chi connectivity index (χ2v) is 5.88. The Bertz CT molecular complexity index is 460. The smallest absolute Gasteiger partial charge is 0.339 e. The van der Waals surface area contributed by atoms with Crippen LogP contribution in [0.5, 0.6) is 0 Å². The Morgan fingerprint density at radius 3 is 2.70 bits per heavy atom. The van der Waals surface area contributed by atoms with Crippen LogP contribution < -0.4 is 0 Å². The van der Waals surface area contributed by atoms with Crippen molar-refractivity contribution < 1.29 is 9.53 Å². The van der Waals surface area contributed by atoms with E-state index in [-0.39, 0.29) is 19.6 Å². The van der Waals surface area contributed by atoms with Crippen molar-refractivity contribution in [3.8, 4) is 0 Å². The van der Waals surface area contributed by atoms with Gasteiger partial charge in [-0.3, -0.25) is 4.90 Å². The normalized spacial score (nSPS) is 28.4. The lowest BCUT2D eigenvalue weighted by atomic mass is 9.89. The Kier molecular flexibility index (Phi) is 5.06. The van der Waals surface area contributed by atoms with Crippen LogP contribution in [0.25, 0.3) is 0 Å². The van der Waals surface area contributed by atoms with E-state index in [1.165, 1.54) is 19.3 Å². The Hall–Kier alpha value is -1.06. The number of rotatable bonds is 2. The SMILES string of the molecule is C.O=C(OC1CCC2CCCN1C2)c1ccc(Cl)cc1. The molecule has 0 aliphatic carbocycles. The minimum absolute atomic E-state index is 0. The first kappa shape index (κ1) is 15.3. The molecule has 20 heavy (non-hydrogen) atoms. The van der Waals surface area contributed by atoms with Crippen molar-refractivity contribution in [2.45, 2.75) is 39.3 Å². The Morgan fingerprint density at radius 1 is 1.20 bits per heavy atom. The molecule has 3 nitrogen and oxygen atoms in total. The van der Waals surface area contributed by atoms with Crippen molar-refractivity contribution in [3.63, 3.8) is 0 Å². The maximum absolute atomic E-state index is 12.1. The molecule has 2 aliphatic rings. The van der Waals surface area contributed by atoms with Gasteiger partial charge in [0, 0.05) is 18.1 Å². The molecule has 2 aliphatic heterocycles. The Morgan fingerprint density at radius 2 is 1.95 bits per heavy atom. The van der Waals surface area contributed by atoms with Gasteiger partial charge in [0.25, 0.3) is 0 Å². The van der Waals surface area contributed by atoms with Gasteiger partial charge in [-0.25, -0.2) is 4.79 Å². The number of nitrogens with zero attached hydrogens (tertiary/aromatic N) is 1. The number of hydrogen-bond donors (Lipinski definition) is 0. The first-order chi connectivity index (χ1) is 9.22. The minimum atomic E-state index is -0.245. The number of benzene rings is 1. The zero-order valence-electron chi connectivity index (χ0n) is 10.8. The van der Waals surface area contributed by atoms with E-state index in [0.29, 0.717) is 10.6 Å². The van der Waals surface area contributed by atoms with Gasteiger partial charge in [-0.05, 0) is 55.9 Å². The average molecular weight is 296 g/mol. The summed E-state index contributed by atoms with van der Waals surface area (Å²) in [5.41, 5.74) is 0.573. The van der Waals surface area contributed by atoms with Crippen LogP contribution >= 0.6 is 11.6 Å². The summed E-state index contributed by atoms with van der Waals surface area (Å²) in [6.45, 7) is 2.13. The van der Waals surface area contributed by atoms with Crippen molar-refractivity contribution in [2.24, 2.45) is 5.92 Å². The molecule has 2 heterocycles. The maximum Gasteiger partial charge on any atom is 0.339 e. The van der Waals surface area contributed by atoms with Crippen LogP contribution in [0.3, 0.4) is 0 Å². The van der Waals surface area contributed by atoms with Gasteiger partial charge in [0.1, 0.15) is 0 Å².